The lowest BCUT2D eigenvalue weighted by Gasteiger charge is -2.31. The van der Waals surface area contributed by atoms with Crippen molar-refractivity contribution in [2.24, 2.45) is 0 Å². The maximum absolute atomic E-state index is 6.20. The van der Waals surface area contributed by atoms with E-state index in [1.807, 2.05) is 11.8 Å². The molecular formula is C14H18Cl3NS. The Morgan fingerprint density at radius 3 is 2.74 bits per heavy atom. The van der Waals surface area contributed by atoms with Crippen LogP contribution in [0, 0.1) is 0 Å². The molecule has 0 aromatic heterocycles. The molecule has 0 spiro atoms. The maximum Gasteiger partial charge on any atom is 0.198 e. The number of benzene rings is 1. The maximum atomic E-state index is 6.20. The van der Waals surface area contributed by atoms with Gasteiger partial charge in [-0.3, -0.25) is 0 Å². The van der Waals surface area contributed by atoms with Crippen LogP contribution in [0.5, 0.6) is 0 Å². The van der Waals surface area contributed by atoms with E-state index in [0.717, 1.165) is 24.3 Å². The molecule has 5 heteroatoms. The third kappa shape index (κ3) is 3.74. The van der Waals surface area contributed by atoms with Crippen molar-refractivity contribution in [2.45, 2.75) is 40.9 Å². The molecule has 0 fully saturated rings. The van der Waals surface area contributed by atoms with Crippen molar-refractivity contribution in [3.63, 3.8) is 0 Å². The van der Waals surface area contributed by atoms with E-state index < -0.39 is 3.79 Å². The fraction of sp³-hybridized carbons (Fsp3) is 0.571. The summed E-state index contributed by atoms with van der Waals surface area (Å²) in [6.45, 7) is 4.99. The Balaban J connectivity index is 2.33. The average Bonchev–Trinajstić information content (AvgIpc) is 2.74. The lowest BCUT2D eigenvalue weighted by Crippen LogP contribution is -2.38. The van der Waals surface area contributed by atoms with Crippen molar-refractivity contribution in [1.82, 2.24) is 5.32 Å². The lowest BCUT2D eigenvalue weighted by atomic mass is 9.92. The third-order valence-corrected chi connectivity index (χ3v) is 5.27. The predicted octanol–water partition coefficient (Wildman–Crippen LogP) is 4.79. The summed E-state index contributed by atoms with van der Waals surface area (Å²) >= 11 is 20.5. The van der Waals surface area contributed by atoms with Gasteiger partial charge in [0.05, 0.1) is 0 Å². The number of alkyl halides is 3. The van der Waals surface area contributed by atoms with E-state index in [1.54, 1.807) is 0 Å². The summed E-state index contributed by atoms with van der Waals surface area (Å²) in [5.74, 6) is 1.01. The zero-order valence-electron chi connectivity index (χ0n) is 11.1. The average molecular weight is 339 g/mol. The van der Waals surface area contributed by atoms with E-state index in [9.17, 15) is 0 Å². The second-order valence-electron chi connectivity index (χ2n) is 4.83. The SMILES string of the molecule is CCNC(C)C(c1ccc2c(c1)CCS2)C(Cl)(Cl)Cl. The number of halogens is 3. The van der Waals surface area contributed by atoms with Gasteiger partial charge in [-0.1, -0.05) is 53.9 Å². The summed E-state index contributed by atoms with van der Waals surface area (Å²) in [4.78, 5) is 1.36. The van der Waals surface area contributed by atoms with Gasteiger partial charge in [-0.05, 0) is 37.1 Å². The number of fused-ring (bicyclic) bond motifs is 1. The summed E-state index contributed by atoms with van der Waals surface area (Å²) in [6.07, 6.45) is 1.11. The molecule has 0 aliphatic carbocycles. The standard InChI is InChI=1S/C14H18Cl3NS/c1-3-18-9(2)13(14(15,16)17)11-4-5-12-10(8-11)6-7-19-12/h4-5,8-9,13,18H,3,6-7H2,1-2H3. The minimum absolute atomic E-state index is 0.115. The molecule has 1 nitrogen and oxygen atoms in total. The number of hydrogen-bond acceptors (Lipinski definition) is 2. The van der Waals surface area contributed by atoms with Crippen LogP contribution >= 0.6 is 46.6 Å². The highest BCUT2D eigenvalue weighted by Crippen LogP contribution is 2.45. The molecule has 0 amide bonds. The fourth-order valence-corrected chi connectivity index (χ4v) is 4.60. The first kappa shape index (κ1) is 15.8. The summed E-state index contributed by atoms with van der Waals surface area (Å²) in [6, 6.07) is 6.57. The molecule has 0 radical (unpaired) electrons. The Bertz CT molecular complexity index is 445. The van der Waals surface area contributed by atoms with Crippen LogP contribution in [-0.4, -0.2) is 22.1 Å². The largest absolute Gasteiger partial charge is 0.314 e. The molecule has 2 rings (SSSR count). The van der Waals surface area contributed by atoms with Gasteiger partial charge in [-0.2, -0.15) is 0 Å². The zero-order valence-corrected chi connectivity index (χ0v) is 14.1. The Hall–Kier alpha value is 0.400. The van der Waals surface area contributed by atoms with Crippen LogP contribution in [0.2, 0.25) is 0 Å². The summed E-state index contributed by atoms with van der Waals surface area (Å²) < 4.78 is -1.30. The van der Waals surface area contributed by atoms with Crippen LogP contribution < -0.4 is 5.32 Å². The molecule has 0 bridgehead atoms. The van der Waals surface area contributed by atoms with Crippen molar-refractivity contribution in [3.8, 4) is 0 Å². The first-order chi connectivity index (χ1) is 8.93. The Morgan fingerprint density at radius 1 is 1.37 bits per heavy atom. The Morgan fingerprint density at radius 2 is 2.11 bits per heavy atom. The molecule has 1 heterocycles. The van der Waals surface area contributed by atoms with Gasteiger partial charge >= 0.3 is 0 Å². The third-order valence-electron chi connectivity index (χ3n) is 3.45. The van der Waals surface area contributed by atoms with Crippen LogP contribution in [-0.2, 0) is 6.42 Å². The van der Waals surface area contributed by atoms with Crippen molar-refractivity contribution < 1.29 is 0 Å². The molecule has 0 saturated heterocycles. The van der Waals surface area contributed by atoms with Gasteiger partial charge < -0.3 is 5.32 Å². The van der Waals surface area contributed by atoms with Crippen molar-refractivity contribution in [3.05, 3.63) is 29.3 Å². The minimum atomic E-state index is -1.30. The van der Waals surface area contributed by atoms with E-state index in [2.05, 4.69) is 37.4 Å². The molecule has 2 unspecified atom stereocenters. The van der Waals surface area contributed by atoms with E-state index in [-0.39, 0.29) is 12.0 Å². The summed E-state index contributed by atoms with van der Waals surface area (Å²) in [5, 5.41) is 3.36. The van der Waals surface area contributed by atoms with Gasteiger partial charge in [0.1, 0.15) is 0 Å². The monoisotopic (exact) mass is 337 g/mol. The molecule has 1 aliphatic heterocycles. The Labute approximate surface area is 134 Å². The topological polar surface area (TPSA) is 12.0 Å². The highest BCUT2D eigenvalue weighted by Gasteiger charge is 2.38. The molecule has 1 aromatic carbocycles. The van der Waals surface area contributed by atoms with Crippen LogP contribution in [0.4, 0.5) is 0 Å². The molecule has 1 aliphatic rings. The highest BCUT2D eigenvalue weighted by molar-refractivity contribution is 7.99. The van der Waals surface area contributed by atoms with Gasteiger partial charge in [-0.15, -0.1) is 11.8 Å². The normalized spacial score (nSPS) is 18.2. The number of thioether (sulfide) groups is 1. The van der Waals surface area contributed by atoms with Crippen molar-refractivity contribution in [1.29, 1.82) is 0 Å². The Kier molecular flexibility index (Phi) is 5.35. The minimum Gasteiger partial charge on any atom is -0.314 e. The number of aryl methyl sites for hydroxylation is 1. The number of nitrogens with one attached hydrogen (secondary N) is 1. The molecule has 0 saturated carbocycles. The van der Waals surface area contributed by atoms with Gasteiger partial charge in [0.2, 0.25) is 0 Å². The first-order valence-corrected chi connectivity index (χ1v) is 8.61. The van der Waals surface area contributed by atoms with Gasteiger partial charge in [0, 0.05) is 22.6 Å². The number of rotatable bonds is 4. The van der Waals surface area contributed by atoms with Crippen LogP contribution in [0.1, 0.15) is 30.9 Å². The molecule has 19 heavy (non-hydrogen) atoms. The lowest BCUT2D eigenvalue weighted by molar-refractivity contribution is 0.474. The predicted molar refractivity (Wildman–Crippen MR) is 87.0 cm³/mol. The highest BCUT2D eigenvalue weighted by atomic mass is 35.6. The number of hydrogen-bond donors (Lipinski definition) is 1. The van der Waals surface area contributed by atoms with E-state index in [4.69, 9.17) is 34.8 Å². The molecule has 106 valence electrons. The van der Waals surface area contributed by atoms with Crippen molar-refractivity contribution >= 4 is 46.6 Å². The molecule has 1 N–H and O–H groups in total. The van der Waals surface area contributed by atoms with E-state index >= 15 is 0 Å². The van der Waals surface area contributed by atoms with Crippen LogP contribution in [0.25, 0.3) is 0 Å². The molecule has 1 aromatic rings. The van der Waals surface area contributed by atoms with Gasteiger partial charge in [0.25, 0.3) is 0 Å². The summed E-state index contributed by atoms with van der Waals surface area (Å²) in [7, 11) is 0. The van der Waals surface area contributed by atoms with E-state index in [1.165, 1.54) is 10.5 Å². The van der Waals surface area contributed by atoms with Crippen LogP contribution in [0.3, 0.4) is 0 Å². The van der Waals surface area contributed by atoms with Crippen LogP contribution in [0.15, 0.2) is 23.1 Å². The van der Waals surface area contributed by atoms with Gasteiger partial charge in [0.15, 0.2) is 3.79 Å². The summed E-state index contributed by atoms with van der Waals surface area (Å²) in [5.41, 5.74) is 2.49. The smallest absolute Gasteiger partial charge is 0.198 e. The van der Waals surface area contributed by atoms with Crippen molar-refractivity contribution in [2.75, 3.05) is 12.3 Å². The molecule has 2 atom stereocenters. The van der Waals surface area contributed by atoms with E-state index in [0.29, 0.717) is 0 Å². The molecular weight excluding hydrogens is 321 g/mol. The van der Waals surface area contributed by atoms with Gasteiger partial charge in [-0.25, -0.2) is 0 Å². The quantitative estimate of drug-likeness (QED) is 0.792. The first-order valence-electron chi connectivity index (χ1n) is 6.49. The zero-order chi connectivity index (χ0) is 14.0. The fourth-order valence-electron chi connectivity index (χ4n) is 2.60. The second kappa shape index (κ2) is 6.44. The second-order valence-corrected chi connectivity index (χ2v) is 8.34. The number of likely N-dealkylation sites (N-methyl/N-ethyl adjacent to an activating group) is 1.